The molecule has 0 N–H and O–H groups in total. The van der Waals surface area contributed by atoms with Gasteiger partial charge in [-0.15, -0.1) is 37.0 Å². The second-order valence-electron chi connectivity index (χ2n) is 11.0. The van der Waals surface area contributed by atoms with Crippen molar-refractivity contribution in [3.63, 3.8) is 0 Å². The zero-order valence-electron chi connectivity index (χ0n) is 26.1. The molecule has 0 radical (unpaired) electrons. The Kier molecular flexibility index (Phi) is 28.9. The third kappa shape index (κ3) is 28.6. The smallest absolute Gasteiger partial charge is 0.306 e. The molecule has 6 nitrogen and oxygen atoms in total. The van der Waals surface area contributed by atoms with Crippen molar-refractivity contribution in [3.8, 4) is 37.0 Å². The first kappa shape index (κ1) is 39.1. The summed E-state index contributed by atoms with van der Waals surface area (Å²) in [6.07, 6.45) is 36.4. The summed E-state index contributed by atoms with van der Waals surface area (Å²) in [6, 6.07) is 0. The van der Waals surface area contributed by atoms with Crippen LogP contribution in [0.1, 0.15) is 154 Å². The predicted molar refractivity (Wildman–Crippen MR) is 169 cm³/mol. The molecule has 0 saturated heterocycles. The van der Waals surface area contributed by atoms with E-state index < -0.39 is 6.10 Å². The molecule has 0 atom stereocenters. The number of esters is 3. The molecule has 0 saturated carbocycles. The molecule has 0 amide bonds. The van der Waals surface area contributed by atoms with Crippen molar-refractivity contribution >= 4 is 17.9 Å². The summed E-state index contributed by atoms with van der Waals surface area (Å²) >= 11 is 0. The van der Waals surface area contributed by atoms with Crippen LogP contribution in [0.2, 0.25) is 0 Å². The molecule has 236 valence electrons. The van der Waals surface area contributed by atoms with Crippen LogP contribution in [-0.2, 0) is 28.6 Å². The highest BCUT2D eigenvalue weighted by Crippen LogP contribution is 2.12. The molecular formula is C36H56O6. The van der Waals surface area contributed by atoms with E-state index in [-0.39, 0.29) is 37.5 Å². The van der Waals surface area contributed by atoms with Gasteiger partial charge in [0.15, 0.2) is 6.10 Å². The zero-order chi connectivity index (χ0) is 30.9. The van der Waals surface area contributed by atoms with Crippen molar-refractivity contribution in [1.82, 2.24) is 0 Å². The van der Waals surface area contributed by atoms with Gasteiger partial charge in [0.25, 0.3) is 0 Å². The molecule has 0 bridgehead atoms. The van der Waals surface area contributed by atoms with Crippen LogP contribution in [0.5, 0.6) is 0 Å². The minimum absolute atomic E-state index is 0.114. The summed E-state index contributed by atoms with van der Waals surface area (Å²) in [6.45, 7) is -0.229. The molecule has 0 aliphatic carbocycles. The quantitative estimate of drug-likeness (QED) is 0.0381. The molecule has 42 heavy (non-hydrogen) atoms. The second-order valence-corrected chi connectivity index (χ2v) is 11.0. The molecule has 0 aliphatic rings. The van der Waals surface area contributed by atoms with Crippen molar-refractivity contribution < 1.29 is 28.6 Å². The SMILES string of the molecule is C#CCCCCCCCCC(=O)OCC(COC(=O)CCCCCCCCC#C)OC(=O)CCCCCCCCC#C. The van der Waals surface area contributed by atoms with Gasteiger partial charge < -0.3 is 14.2 Å². The molecule has 0 unspecified atom stereocenters. The fourth-order valence-electron chi connectivity index (χ4n) is 4.49. The lowest BCUT2D eigenvalue weighted by Gasteiger charge is -2.18. The Morgan fingerprint density at radius 3 is 1.05 bits per heavy atom. The summed E-state index contributed by atoms with van der Waals surface area (Å²) in [5.74, 6) is 6.91. The Labute approximate surface area is 256 Å². The number of hydrogen-bond acceptors (Lipinski definition) is 6. The van der Waals surface area contributed by atoms with Crippen LogP contribution in [0.25, 0.3) is 0 Å². The maximum absolute atomic E-state index is 12.4. The average molecular weight is 585 g/mol. The van der Waals surface area contributed by atoms with Gasteiger partial charge in [0, 0.05) is 38.5 Å². The van der Waals surface area contributed by atoms with E-state index in [1.165, 1.54) is 0 Å². The fourth-order valence-corrected chi connectivity index (χ4v) is 4.49. The van der Waals surface area contributed by atoms with Crippen LogP contribution < -0.4 is 0 Å². The van der Waals surface area contributed by atoms with E-state index in [2.05, 4.69) is 17.8 Å². The Morgan fingerprint density at radius 1 is 0.429 bits per heavy atom. The van der Waals surface area contributed by atoms with E-state index in [9.17, 15) is 14.4 Å². The molecule has 6 heteroatoms. The first-order chi connectivity index (χ1) is 20.5. The molecule has 0 aromatic carbocycles. The lowest BCUT2D eigenvalue weighted by molar-refractivity contribution is -0.167. The van der Waals surface area contributed by atoms with Gasteiger partial charge in [-0.1, -0.05) is 77.0 Å². The topological polar surface area (TPSA) is 78.9 Å². The van der Waals surface area contributed by atoms with E-state index in [1.807, 2.05) is 0 Å². The van der Waals surface area contributed by atoms with Gasteiger partial charge in [-0.2, -0.15) is 0 Å². The van der Waals surface area contributed by atoms with Gasteiger partial charge in [-0.3, -0.25) is 14.4 Å². The fraction of sp³-hybridized carbons (Fsp3) is 0.750. The second kappa shape index (κ2) is 31.0. The average Bonchev–Trinajstić information content (AvgIpc) is 2.98. The monoisotopic (exact) mass is 584 g/mol. The summed E-state index contributed by atoms with van der Waals surface area (Å²) in [4.78, 5) is 37.0. The largest absolute Gasteiger partial charge is 0.462 e. The zero-order valence-corrected chi connectivity index (χ0v) is 26.1. The van der Waals surface area contributed by atoms with Crippen LogP contribution in [0.4, 0.5) is 0 Å². The number of rotatable bonds is 29. The summed E-state index contributed by atoms with van der Waals surface area (Å²) in [5.41, 5.74) is 0. The molecule has 0 aromatic rings. The van der Waals surface area contributed by atoms with Gasteiger partial charge in [0.05, 0.1) is 0 Å². The molecular weight excluding hydrogens is 528 g/mol. The van der Waals surface area contributed by atoms with Crippen LogP contribution in [0.3, 0.4) is 0 Å². The number of ether oxygens (including phenoxy) is 3. The first-order valence-electron chi connectivity index (χ1n) is 16.3. The molecule has 0 spiro atoms. The Balaban J connectivity index is 4.38. The minimum Gasteiger partial charge on any atom is -0.462 e. The van der Waals surface area contributed by atoms with Crippen molar-refractivity contribution in [2.75, 3.05) is 13.2 Å². The van der Waals surface area contributed by atoms with E-state index in [0.29, 0.717) is 12.8 Å². The third-order valence-electron chi connectivity index (χ3n) is 7.01. The summed E-state index contributed by atoms with van der Waals surface area (Å²) in [5, 5.41) is 0. The number of terminal acetylenes is 3. The van der Waals surface area contributed by atoms with E-state index >= 15 is 0 Å². The Morgan fingerprint density at radius 2 is 0.714 bits per heavy atom. The predicted octanol–water partition coefficient (Wildman–Crippen LogP) is 8.25. The van der Waals surface area contributed by atoms with Crippen LogP contribution in [0, 0.1) is 37.0 Å². The van der Waals surface area contributed by atoms with Crippen LogP contribution in [-0.4, -0.2) is 37.2 Å². The molecule has 0 fully saturated rings. The highest BCUT2D eigenvalue weighted by Gasteiger charge is 2.19. The molecule has 0 rings (SSSR count). The van der Waals surface area contributed by atoms with Gasteiger partial charge in [0.1, 0.15) is 13.2 Å². The standard InChI is InChI=1S/C36H56O6/c1-4-7-10-13-16-19-22-25-28-34(37)40-31-33(42-36(39)30-27-24-21-18-15-12-9-6-3)32-41-35(38)29-26-23-20-17-14-11-8-5-2/h1-3,33H,7-32H2. The van der Waals surface area contributed by atoms with Gasteiger partial charge in [-0.05, 0) is 38.5 Å². The van der Waals surface area contributed by atoms with Crippen molar-refractivity contribution in [2.24, 2.45) is 0 Å². The van der Waals surface area contributed by atoms with E-state index in [0.717, 1.165) is 135 Å². The van der Waals surface area contributed by atoms with Crippen molar-refractivity contribution in [1.29, 1.82) is 0 Å². The normalized spacial score (nSPS) is 10.4. The summed E-state index contributed by atoms with van der Waals surface area (Å²) in [7, 11) is 0. The minimum atomic E-state index is -0.804. The van der Waals surface area contributed by atoms with Crippen LogP contribution in [0.15, 0.2) is 0 Å². The maximum Gasteiger partial charge on any atom is 0.306 e. The van der Waals surface area contributed by atoms with Gasteiger partial charge in [-0.25, -0.2) is 0 Å². The van der Waals surface area contributed by atoms with Gasteiger partial charge in [0.2, 0.25) is 0 Å². The third-order valence-corrected chi connectivity index (χ3v) is 7.01. The highest BCUT2D eigenvalue weighted by atomic mass is 16.6. The molecule has 0 aromatic heterocycles. The molecule has 0 heterocycles. The van der Waals surface area contributed by atoms with E-state index in [4.69, 9.17) is 33.5 Å². The first-order valence-corrected chi connectivity index (χ1v) is 16.3. The van der Waals surface area contributed by atoms with Gasteiger partial charge >= 0.3 is 17.9 Å². The van der Waals surface area contributed by atoms with E-state index in [1.54, 1.807) is 0 Å². The number of carbonyl (C=O) groups excluding carboxylic acids is 3. The maximum atomic E-state index is 12.4. The van der Waals surface area contributed by atoms with Crippen molar-refractivity contribution in [3.05, 3.63) is 0 Å². The molecule has 0 aliphatic heterocycles. The number of hydrogen-bond donors (Lipinski definition) is 0. The Bertz CT molecular complexity index is 766. The summed E-state index contributed by atoms with van der Waals surface area (Å²) < 4.78 is 16.3. The lowest BCUT2D eigenvalue weighted by Crippen LogP contribution is -2.30. The lowest BCUT2D eigenvalue weighted by atomic mass is 10.1. The van der Waals surface area contributed by atoms with Crippen LogP contribution >= 0.6 is 0 Å². The number of carbonyl (C=O) groups is 3. The van der Waals surface area contributed by atoms with Crippen molar-refractivity contribution in [2.45, 2.75) is 160 Å². The Hall–Kier alpha value is -2.91. The number of unbranched alkanes of at least 4 members (excludes halogenated alkanes) is 18. The highest BCUT2D eigenvalue weighted by molar-refractivity contribution is 5.71.